The first kappa shape index (κ1) is 9.51. The molecule has 0 bridgehead atoms. The van der Waals surface area contributed by atoms with E-state index in [0.717, 1.165) is 6.54 Å². The number of imidazole rings is 1. The molecule has 0 saturated carbocycles. The number of carbonyl (C=O) groups is 1. The number of aryl methyl sites for hydroxylation is 1. The molecule has 1 aromatic rings. The average Bonchev–Trinajstić information content (AvgIpc) is 2.51. The van der Waals surface area contributed by atoms with Crippen molar-refractivity contribution in [1.82, 2.24) is 9.55 Å². The lowest BCUT2D eigenvalue weighted by Crippen LogP contribution is -2.11. The van der Waals surface area contributed by atoms with Crippen LogP contribution in [-0.2, 0) is 11.3 Å². The number of rotatable bonds is 3. The first-order valence-electron chi connectivity index (χ1n) is 4.04. The van der Waals surface area contributed by atoms with Gasteiger partial charge in [-0.2, -0.15) is 0 Å². The van der Waals surface area contributed by atoms with Gasteiger partial charge in [0, 0.05) is 24.5 Å². The fraction of sp³-hybridized carbons (Fsp3) is 0.333. The summed E-state index contributed by atoms with van der Waals surface area (Å²) >= 11 is 0. The molecule has 0 aliphatic rings. The van der Waals surface area contributed by atoms with Crippen LogP contribution in [0.25, 0.3) is 0 Å². The summed E-state index contributed by atoms with van der Waals surface area (Å²) in [5.74, 6) is -0.444. The van der Waals surface area contributed by atoms with Gasteiger partial charge in [-0.3, -0.25) is 0 Å². The van der Waals surface area contributed by atoms with Gasteiger partial charge in [-0.05, 0) is 13.8 Å². The largest absolute Gasteiger partial charge is 0.389 e. The molecule has 1 aromatic heterocycles. The molecule has 0 saturated heterocycles. The molecule has 0 fully saturated rings. The third kappa shape index (κ3) is 2.18. The van der Waals surface area contributed by atoms with Crippen molar-refractivity contribution in [3.63, 3.8) is 0 Å². The molecule has 0 amide bonds. The van der Waals surface area contributed by atoms with E-state index in [4.69, 9.17) is 4.74 Å². The molecule has 4 heteroatoms. The topological polar surface area (TPSA) is 44.1 Å². The molecule has 0 radical (unpaired) electrons. The van der Waals surface area contributed by atoms with Crippen LogP contribution in [0.1, 0.15) is 13.8 Å². The van der Waals surface area contributed by atoms with Gasteiger partial charge in [-0.1, -0.05) is 6.58 Å². The number of esters is 1. The second-order valence-corrected chi connectivity index (χ2v) is 2.67. The molecular formula is C9H12N2O2. The maximum absolute atomic E-state index is 11.1. The van der Waals surface area contributed by atoms with Gasteiger partial charge in [-0.25, -0.2) is 9.78 Å². The molecule has 0 aliphatic heterocycles. The van der Waals surface area contributed by atoms with E-state index >= 15 is 0 Å². The summed E-state index contributed by atoms with van der Waals surface area (Å²) in [5, 5.41) is 0. The summed E-state index contributed by atoms with van der Waals surface area (Å²) in [5.41, 5.74) is 0.366. The summed E-state index contributed by atoms with van der Waals surface area (Å²) in [4.78, 5) is 15.0. The highest BCUT2D eigenvalue weighted by molar-refractivity contribution is 5.88. The van der Waals surface area contributed by atoms with Gasteiger partial charge < -0.3 is 9.30 Å². The molecule has 1 heterocycles. The molecule has 0 atom stereocenters. The SMILES string of the molecule is C=C(C)C(=O)Oc1nccn1CC. The number of aromatic nitrogens is 2. The summed E-state index contributed by atoms with van der Waals surface area (Å²) in [6.07, 6.45) is 3.34. The van der Waals surface area contributed by atoms with Crippen LogP contribution in [0, 0.1) is 0 Å². The van der Waals surface area contributed by atoms with Gasteiger partial charge in [-0.15, -0.1) is 0 Å². The first-order chi connectivity index (χ1) is 6.15. The molecule has 13 heavy (non-hydrogen) atoms. The van der Waals surface area contributed by atoms with Gasteiger partial charge in [0.2, 0.25) is 0 Å². The number of hydrogen-bond donors (Lipinski definition) is 0. The van der Waals surface area contributed by atoms with Crippen LogP contribution in [0.2, 0.25) is 0 Å². The van der Waals surface area contributed by atoms with E-state index in [2.05, 4.69) is 11.6 Å². The molecule has 0 N–H and O–H groups in total. The molecular weight excluding hydrogens is 168 g/mol. The Morgan fingerprint density at radius 1 is 1.77 bits per heavy atom. The van der Waals surface area contributed by atoms with E-state index in [0.29, 0.717) is 11.6 Å². The average molecular weight is 180 g/mol. The third-order valence-corrected chi connectivity index (χ3v) is 1.55. The summed E-state index contributed by atoms with van der Waals surface area (Å²) < 4.78 is 6.69. The zero-order valence-corrected chi connectivity index (χ0v) is 7.78. The molecule has 70 valence electrons. The maximum Gasteiger partial charge on any atom is 0.340 e. The van der Waals surface area contributed by atoms with Gasteiger partial charge in [0.1, 0.15) is 0 Å². The summed E-state index contributed by atoms with van der Waals surface area (Å²) in [6.45, 7) is 7.74. The van der Waals surface area contributed by atoms with E-state index in [1.54, 1.807) is 23.9 Å². The fourth-order valence-electron chi connectivity index (χ4n) is 0.811. The normalized spacial score (nSPS) is 9.69. The Bertz CT molecular complexity index is 328. The van der Waals surface area contributed by atoms with Crippen molar-refractivity contribution in [2.45, 2.75) is 20.4 Å². The minimum atomic E-state index is -0.444. The number of hydrogen-bond acceptors (Lipinski definition) is 3. The number of nitrogens with zero attached hydrogens (tertiary/aromatic N) is 2. The van der Waals surface area contributed by atoms with Crippen LogP contribution in [0.15, 0.2) is 24.5 Å². The molecule has 0 aromatic carbocycles. The van der Waals surface area contributed by atoms with Crippen LogP contribution in [-0.4, -0.2) is 15.5 Å². The van der Waals surface area contributed by atoms with Crippen molar-refractivity contribution in [2.24, 2.45) is 0 Å². The van der Waals surface area contributed by atoms with Crippen LogP contribution < -0.4 is 4.74 Å². The summed E-state index contributed by atoms with van der Waals surface area (Å²) in [6, 6.07) is 0.315. The fourth-order valence-corrected chi connectivity index (χ4v) is 0.811. The highest BCUT2D eigenvalue weighted by atomic mass is 16.5. The van der Waals surface area contributed by atoms with E-state index in [-0.39, 0.29) is 0 Å². The van der Waals surface area contributed by atoms with Crippen molar-refractivity contribution >= 4 is 5.97 Å². The van der Waals surface area contributed by atoms with Crippen molar-refractivity contribution in [1.29, 1.82) is 0 Å². The van der Waals surface area contributed by atoms with Crippen LogP contribution in [0.3, 0.4) is 0 Å². The van der Waals surface area contributed by atoms with E-state index in [1.807, 2.05) is 6.92 Å². The standard InChI is InChI=1S/C9H12N2O2/c1-4-11-6-5-10-9(11)13-8(12)7(2)3/h5-6H,2,4H2,1,3H3. The predicted octanol–water partition coefficient (Wildman–Crippen LogP) is 1.38. The highest BCUT2D eigenvalue weighted by Crippen LogP contribution is 2.08. The zero-order chi connectivity index (χ0) is 9.84. The van der Waals surface area contributed by atoms with E-state index in [1.165, 1.54) is 0 Å². The second kappa shape index (κ2) is 3.89. The Labute approximate surface area is 76.8 Å². The van der Waals surface area contributed by atoms with Crippen LogP contribution in [0.4, 0.5) is 0 Å². The van der Waals surface area contributed by atoms with Crippen LogP contribution >= 0.6 is 0 Å². The van der Waals surface area contributed by atoms with E-state index in [9.17, 15) is 4.79 Å². The quantitative estimate of drug-likeness (QED) is 0.521. The lowest BCUT2D eigenvalue weighted by Gasteiger charge is -2.04. The number of carbonyl (C=O) groups excluding carboxylic acids is 1. The Morgan fingerprint density at radius 3 is 3.00 bits per heavy atom. The van der Waals surface area contributed by atoms with Crippen molar-refractivity contribution in [3.05, 3.63) is 24.5 Å². The van der Waals surface area contributed by atoms with Crippen molar-refractivity contribution < 1.29 is 9.53 Å². The monoisotopic (exact) mass is 180 g/mol. The van der Waals surface area contributed by atoms with Crippen molar-refractivity contribution in [3.8, 4) is 6.01 Å². The van der Waals surface area contributed by atoms with E-state index < -0.39 is 5.97 Å². The molecule has 1 rings (SSSR count). The predicted molar refractivity (Wildman–Crippen MR) is 48.4 cm³/mol. The zero-order valence-electron chi connectivity index (χ0n) is 7.78. The lowest BCUT2D eigenvalue weighted by atomic mass is 10.4. The molecule has 4 nitrogen and oxygen atoms in total. The lowest BCUT2D eigenvalue weighted by molar-refractivity contribution is -0.130. The van der Waals surface area contributed by atoms with Gasteiger partial charge in [0.15, 0.2) is 0 Å². The van der Waals surface area contributed by atoms with Crippen LogP contribution in [0.5, 0.6) is 6.01 Å². The first-order valence-corrected chi connectivity index (χ1v) is 4.04. The maximum atomic E-state index is 11.1. The molecule has 0 aliphatic carbocycles. The third-order valence-electron chi connectivity index (χ3n) is 1.55. The Morgan fingerprint density at radius 2 is 2.46 bits per heavy atom. The molecule has 0 spiro atoms. The minimum absolute atomic E-state index is 0.315. The Hall–Kier alpha value is -1.58. The number of ether oxygens (including phenoxy) is 1. The molecule has 0 unspecified atom stereocenters. The summed E-state index contributed by atoms with van der Waals surface area (Å²) in [7, 11) is 0. The van der Waals surface area contributed by atoms with Crippen molar-refractivity contribution in [2.75, 3.05) is 0 Å². The minimum Gasteiger partial charge on any atom is -0.389 e. The highest BCUT2D eigenvalue weighted by Gasteiger charge is 2.09. The second-order valence-electron chi connectivity index (χ2n) is 2.67. The van der Waals surface area contributed by atoms with Gasteiger partial charge >= 0.3 is 12.0 Å². The Balaban J connectivity index is 2.74. The van der Waals surface area contributed by atoms with Gasteiger partial charge in [0.25, 0.3) is 0 Å². The smallest absolute Gasteiger partial charge is 0.340 e. The Kier molecular flexibility index (Phi) is 2.84. The van der Waals surface area contributed by atoms with Gasteiger partial charge in [0.05, 0.1) is 0 Å².